The van der Waals surface area contributed by atoms with Crippen LogP contribution in [0.5, 0.6) is 0 Å². The number of hydrogen-bond acceptors (Lipinski definition) is 2. The standard InChI is InChI=1S/C24H15N3/c1-4-10-19-16(7-1)13-14-21(25-19)24-26-20-11-5-3-9-18(20)23-15-17-8-2-6-12-22(17)27(23)24/h1-15H. The van der Waals surface area contributed by atoms with Gasteiger partial charge in [0.15, 0.2) is 5.82 Å². The molecule has 0 saturated carbocycles. The minimum atomic E-state index is 0.871. The second kappa shape index (κ2) is 5.39. The van der Waals surface area contributed by atoms with Crippen LogP contribution in [0.1, 0.15) is 0 Å². The first-order valence-electron chi connectivity index (χ1n) is 9.04. The number of para-hydroxylation sites is 3. The van der Waals surface area contributed by atoms with Crippen LogP contribution in [0.4, 0.5) is 0 Å². The van der Waals surface area contributed by atoms with Gasteiger partial charge in [-0.05, 0) is 30.3 Å². The van der Waals surface area contributed by atoms with Crippen molar-refractivity contribution in [3.05, 3.63) is 91.0 Å². The first kappa shape index (κ1) is 14.4. The highest BCUT2D eigenvalue weighted by molar-refractivity contribution is 6.02. The summed E-state index contributed by atoms with van der Waals surface area (Å²) in [5.74, 6) is 0.871. The SMILES string of the molecule is c1ccc2nc(-c3nc4ccccc4c4cc5ccccc5n34)ccc2c1. The molecule has 0 saturated heterocycles. The van der Waals surface area contributed by atoms with Crippen LogP contribution in [0, 0.1) is 0 Å². The van der Waals surface area contributed by atoms with Gasteiger partial charge >= 0.3 is 0 Å². The molecular formula is C24H15N3. The lowest BCUT2D eigenvalue weighted by Gasteiger charge is -2.10. The van der Waals surface area contributed by atoms with Gasteiger partial charge in [0, 0.05) is 16.2 Å². The predicted octanol–water partition coefficient (Wildman–Crippen LogP) is 5.86. The fourth-order valence-electron chi connectivity index (χ4n) is 3.90. The minimum absolute atomic E-state index is 0.871. The molecule has 3 heterocycles. The van der Waals surface area contributed by atoms with Gasteiger partial charge in [0.1, 0.15) is 5.69 Å². The van der Waals surface area contributed by atoms with Crippen molar-refractivity contribution in [1.82, 2.24) is 14.4 Å². The highest BCUT2D eigenvalue weighted by atomic mass is 15.0. The van der Waals surface area contributed by atoms with Crippen LogP contribution in [0.3, 0.4) is 0 Å². The van der Waals surface area contributed by atoms with Crippen molar-refractivity contribution in [2.45, 2.75) is 0 Å². The van der Waals surface area contributed by atoms with Gasteiger partial charge in [0.2, 0.25) is 0 Å². The van der Waals surface area contributed by atoms with E-state index in [0.717, 1.165) is 44.4 Å². The van der Waals surface area contributed by atoms with Crippen molar-refractivity contribution in [3.8, 4) is 11.5 Å². The van der Waals surface area contributed by atoms with E-state index in [1.807, 2.05) is 24.3 Å². The molecule has 0 spiro atoms. The summed E-state index contributed by atoms with van der Waals surface area (Å²) in [6.07, 6.45) is 0. The van der Waals surface area contributed by atoms with Crippen molar-refractivity contribution in [3.63, 3.8) is 0 Å². The zero-order valence-electron chi connectivity index (χ0n) is 14.5. The molecule has 0 aliphatic heterocycles. The third-order valence-electron chi connectivity index (χ3n) is 5.16. The predicted molar refractivity (Wildman–Crippen MR) is 111 cm³/mol. The Morgan fingerprint density at radius 2 is 1.30 bits per heavy atom. The lowest BCUT2D eigenvalue weighted by atomic mass is 10.2. The molecule has 0 aliphatic rings. The average molecular weight is 345 g/mol. The van der Waals surface area contributed by atoms with Crippen molar-refractivity contribution >= 4 is 38.2 Å². The van der Waals surface area contributed by atoms with Crippen LogP contribution < -0.4 is 0 Å². The molecule has 0 amide bonds. The molecule has 0 bridgehead atoms. The van der Waals surface area contributed by atoms with E-state index in [1.165, 1.54) is 5.39 Å². The van der Waals surface area contributed by atoms with Crippen molar-refractivity contribution in [2.75, 3.05) is 0 Å². The zero-order chi connectivity index (χ0) is 17.8. The van der Waals surface area contributed by atoms with Gasteiger partial charge in [-0.3, -0.25) is 4.40 Å². The summed E-state index contributed by atoms with van der Waals surface area (Å²) in [6, 6.07) is 31.3. The Kier molecular flexibility index (Phi) is 2.88. The van der Waals surface area contributed by atoms with Crippen LogP contribution in [0.25, 0.3) is 49.7 Å². The quantitative estimate of drug-likeness (QED) is 0.374. The molecule has 3 heteroatoms. The van der Waals surface area contributed by atoms with Crippen LogP contribution in [0.15, 0.2) is 91.0 Å². The second-order valence-corrected chi connectivity index (χ2v) is 6.77. The number of rotatable bonds is 1. The Hall–Kier alpha value is -3.72. The number of fused-ring (bicyclic) bond motifs is 6. The van der Waals surface area contributed by atoms with Gasteiger partial charge in [0.05, 0.1) is 22.1 Å². The minimum Gasteiger partial charge on any atom is -0.292 e. The summed E-state index contributed by atoms with van der Waals surface area (Å²) >= 11 is 0. The first-order valence-corrected chi connectivity index (χ1v) is 9.04. The summed E-state index contributed by atoms with van der Waals surface area (Å²) in [5.41, 5.74) is 5.15. The van der Waals surface area contributed by atoms with E-state index in [9.17, 15) is 0 Å². The molecule has 126 valence electrons. The van der Waals surface area contributed by atoms with Gasteiger partial charge in [-0.25, -0.2) is 9.97 Å². The third-order valence-corrected chi connectivity index (χ3v) is 5.16. The fourth-order valence-corrected chi connectivity index (χ4v) is 3.90. The van der Waals surface area contributed by atoms with E-state index >= 15 is 0 Å². The maximum absolute atomic E-state index is 5.00. The van der Waals surface area contributed by atoms with Gasteiger partial charge in [-0.2, -0.15) is 0 Å². The van der Waals surface area contributed by atoms with E-state index < -0.39 is 0 Å². The molecule has 0 aliphatic carbocycles. The van der Waals surface area contributed by atoms with E-state index in [-0.39, 0.29) is 0 Å². The number of benzene rings is 3. The lowest BCUT2D eigenvalue weighted by Crippen LogP contribution is -1.99. The van der Waals surface area contributed by atoms with E-state index in [0.29, 0.717) is 0 Å². The van der Waals surface area contributed by atoms with Crippen LogP contribution in [-0.4, -0.2) is 14.4 Å². The zero-order valence-corrected chi connectivity index (χ0v) is 14.5. The van der Waals surface area contributed by atoms with Crippen molar-refractivity contribution < 1.29 is 0 Å². The highest BCUT2D eigenvalue weighted by Crippen LogP contribution is 2.31. The fraction of sp³-hybridized carbons (Fsp3) is 0. The summed E-state index contributed by atoms with van der Waals surface area (Å²) in [7, 11) is 0. The number of nitrogens with zero attached hydrogens (tertiary/aromatic N) is 3. The van der Waals surface area contributed by atoms with Crippen LogP contribution in [-0.2, 0) is 0 Å². The van der Waals surface area contributed by atoms with E-state index in [2.05, 4.69) is 71.1 Å². The summed E-state index contributed by atoms with van der Waals surface area (Å²) in [5, 5.41) is 3.49. The molecular weight excluding hydrogens is 330 g/mol. The Balaban J connectivity index is 1.80. The van der Waals surface area contributed by atoms with Crippen molar-refractivity contribution in [1.29, 1.82) is 0 Å². The highest BCUT2D eigenvalue weighted by Gasteiger charge is 2.14. The summed E-state index contributed by atoms with van der Waals surface area (Å²) < 4.78 is 2.23. The molecule has 0 N–H and O–H groups in total. The molecule has 3 aromatic heterocycles. The number of pyridine rings is 1. The molecule has 3 nitrogen and oxygen atoms in total. The Labute approximate surface area is 155 Å². The van der Waals surface area contributed by atoms with Crippen LogP contribution >= 0.6 is 0 Å². The Bertz CT molecular complexity index is 1480. The molecule has 3 aromatic carbocycles. The topological polar surface area (TPSA) is 30.2 Å². The molecule has 0 fully saturated rings. The molecule has 6 rings (SSSR count). The summed E-state index contributed by atoms with van der Waals surface area (Å²) in [6.45, 7) is 0. The van der Waals surface area contributed by atoms with Gasteiger partial charge in [0.25, 0.3) is 0 Å². The number of hydrogen-bond donors (Lipinski definition) is 0. The van der Waals surface area contributed by atoms with Crippen molar-refractivity contribution in [2.24, 2.45) is 0 Å². The third kappa shape index (κ3) is 2.09. The lowest BCUT2D eigenvalue weighted by molar-refractivity contribution is 1.15. The number of aromatic nitrogens is 3. The Morgan fingerprint density at radius 1 is 0.556 bits per heavy atom. The maximum atomic E-state index is 5.00. The molecule has 0 radical (unpaired) electrons. The molecule has 0 atom stereocenters. The Morgan fingerprint density at radius 3 is 2.22 bits per heavy atom. The van der Waals surface area contributed by atoms with Gasteiger partial charge in [-0.1, -0.05) is 60.7 Å². The first-order chi connectivity index (χ1) is 13.4. The van der Waals surface area contributed by atoms with E-state index in [1.54, 1.807) is 0 Å². The maximum Gasteiger partial charge on any atom is 0.164 e. The normalized spacial score (nSPS) is 11.7. The molecule has 0 unspecified atom stereocenters. The molecule has 6 aromatic rings. The van der Waals surface area contributed by atoms with E-state index in [4.69, 9.17) is 9.97 Å². The van der Waals surface area contributed by atoms with Gasteiger partial charge in [-0.15, -0.1) is 0 Å². The van der Waals surface area contributed by atoms with Gasteiger partial charge < -0.3 is 0 Å². The van der Waals surface area contributed by atoms with Crippen LogP contribution in [0.2, 0.25) is 0 Å². The monoisotopic (exact) mass is 345 g/mol. The smallest absolute Gasteiger partial charge is 0.164 e. The molecule has 27 heavy (non-hydrogen) atoms. The largest absolute Gasteiger partial charge is 0.292 e. The average Bonchev–Trinajstić information content (AvgIpc) is 3.13. The summed E-state index contributed by atoms with van der Waals surface area (Å²) in [4.78, 5) is 9.91. The second-order valence-electron chi connectivity index (χ2n) is 6.77.